The zero-order valence-corrected chi connectivity index (χ0v) is 14.4. The lowest BCUT2D eigenvalue weighted by Gasteiger charge is -2.18. The highest BCUT2D eigenvalue weighted by Gasteiger charge is 2.25. The molecular formula is C13H21BrN2O3S. The van der Waals surface area contributed by atoms with Crippen LogP contribution in [0.3, 0.4) is 0 Å². The fraction of sp³-hybridized carbons (Fsp3) is 0.692. The molecule has 1 heterocycles. The van der Waals surface area contributed by atoms with E-state index in [0.717, 1.165) is 0 Å². The van der Waals surface area contributed by atoms with Crippen molar-refractivity contribution in [3.8, 4) is 0 Å². The third-order valence-electron chi connectivity index (χ3n) is 2.93. The smallest absolute Gasteiger partial charge is 0.244 e. The Morgan fingerprint density at radius 1 is 1.40 bits per heavy atom. The van der Waals surface area contributed by atoms with Gasteiger partial charge in [0.15, 0.2) is 4.67 Å². The van der Waals surface area contributed by atoms with Gasteiger partial charge in [-0.3, -0.25) is 0 Å². The fourth-order valence-corrected chi connectivity index (χ4v) is 3.87. The van der Waals surface area contributed by atoms with Crippen LogP contribution in [0.1, 0.15) is 39.4 Å². The van der Waals surface area contributed by atoms with Gasteiger partial charge in [0.1, 0.15) is 10.7 Å². The van der Waals surface area contributed by atoms with Crippen LogP contribution in [-0.2, 0) is 16.6 Å². The fourth-order valence-electron chi connectivity index (χ4n) is 1.59. The predicted octanol–water partition coefficient (Wildman–Crippen LogP) is 2.62. The Morgan fingerprint density at radius 3 is 2.60 bits per heavy atom. The van der Waals surface area contributed by atoms with E-state index in [0.29, 0.717) is 24.9 Å². The topological polar surface area (TPSA) is 71.3 Å². The lowest BCUT2D eigenvalue weighted by molar-refractivity contribution is 0.407. The molecule has 0 spiro atoms. The molecule has 0 amide bonds. The Kier molecular flexibility index (Phi) is 4.63. The standard InChI is InChI=1S/C13H21BrN2O3S/c1-13(2,3)8-16-20(17,18)11-6-10(19-12(11)14)7-15-9-4-5-9/h6,9,15-16H,4-5,7-8H2,1-3H3. The van der Waals surface area contributed by atoms with Gasteiger partial charge in [0.2, 0.25) is 10.0 Å². The first-order valence-corrected chi connectivity index (χ1v) is 8.96. The van der Waals surface area contributed by atoms with Crippen molar-refractivity contribution in [2.75, 3.05) is 6.54 Å². The number of furan rings is 1. The van der Waals surface area contributed by atoms with Gasteiger partial charge < -0.3 is 9.73 Å². The predicted molar refractivity (Wildman–Crippen MR) is 80.9 cm³/mol. The molecule has 0 bridgehead atoms. The lowest BCUT2D eigenvalue weighted by Crippen LogP contribution is -2.32. The molecule has 0 atom stereocenters. The molecule has 114 valence electrons. The van der Waals surface area contributed by atoms with E-state index in [4.69, 9.17) is 4.42 Å². The highest BCUT2D eigenvalue weighted by atomic mass is 79.9. The van der Waals surface area contributed by atoms with Crippen molar-refractivity contribution in [1.82, 2.24) is 10.0 Å². The van der Waals surface area contributed by atoms with Crippen LogP contribution in [0.15, 0.2) is 20.0 Å². The van der Waals surface area contributed by atoms with Gasteiger partial charge in [0, 0.05) is 18.7 Å². The van der Waals surface area contributed by atoms with E-state index in [1.54, 1.807) is 6.07 Å². The van der Waals surface area contributed by atoms with Crippen LogP contribution >= 0.6 is 15.9 Å². The van der Waals surface area contributed by atoms with Crippen molar-refractivity contribution in [2.45, 2.75) is 51.1 Å². The molecule has 0 saturated heterocycles. The molecule has 1 saturated carbocycles. The summed E-state index contributed by atoms with van der Waals surface area (Å²) in [7, 11) is -3.54. The molecule has 2 N–H and O–H groups in total. The van der Waals surface area contributed by atoms with Crippen LogP contribution in [0.5, 0.6) is 0 Å². The van der Waals surface area contributed by atoms with E-state index in [1.165, 1.54) is 12.8 Å². The summed E-state index contributed by atoms with van der Waals surface area (Å²) in [6.45, 7) is 6.86. The van der Waals surface area contributed by atoms with Crippen LogP contribution in [0.4, 0.5) is 0 Å². The Bertz CT molecular complexity index is 571. The van der Waals surface area contributed by atoms with Gasteiger partial charge in [0.05, 0.1) is 6.54 Å². The Hall–Kier alpha value is -0.370. The van der Waals surface area contributed by atoms with Gasteiger partial charge >= 0.3 is 0 Å². The first-order valence-electron chi connectivity index (χ1n) is 6.69. The minimum absolute atomic E-state index is 0.111. The Morgan fingerprint density at radius 2 is 2.05 bits per heavy atom. The van der Waals surface area contributed by atoms with E-state index < -0.39 is 10.0 Å². The van der Waals surface area contributed by atoms with Crippen molar-refractivity contribution in [1.29, 1.82) is 0 Å². The van der Waals surface area contributed by atoms with Gasteiger partial charge in [0.25, 0.3) is 0 Å². The van der Waals surface area contributed by atoms with Crippen molar-refractivity contribution in [2.24, 2.45) is 5.41 Å². The van der Waals surface area contributed by atoms with Crippen molar-refractivity contribution >= 4 is 26.0 Å². The lowest BCUT2D eigenvalue weighted by atomic mass is 9.98. The average molecular weight is 365 g/mol. The van der Waals surface area contributed by atoms with Gasteiger partial charge in [-0.1, -0.05) is 20.8 Å². The van der Waals surface area contributed by atoms with Gasteiger partial charge in [-0.2, -0.15) is 0 Å². The second-order valence-electron chi connectivity index (χ2n) is 6.39. The zero-order valence-electron chi connectivity index (χ0n) is 12.0. The number of rotatable bonds is 6. The maximum atomic E-state index is 12.2. The van der Waals surface area contributed by atoms with Gasteiger partial charge in [-0.25, -0.2) is 13.1 Å². The summed E-state index contributed by atoms with van der Waals surface area (Å²) >= 11 is 3.18. The number of sulfonamides is 1. The molecule has 1 aromatic heterocycles. The molecule has 1 aliphatic carbocycles. The summed E-state index contributed by atoms with van der Waals surface area (Å²) in [4.78, 5) is 0.161. The third kappa shape index (κ3) is 4.58. The van der Waals surface area contributed by atoms with Crippen LogP contribution in [0, 0.1) is 5.41 Å². The SMILES string of the molecule is CC(C)(C)CNS(=O)(=O)c1cc(CNC2CC2)oc1Br. The number of hydrogen-bond donors (Lipinski definition) is 2. The van der Waals surface area contributed by atoms with Crippen molar-refractivity contribution in [3.63, 3.8) is 0 Å². The average Bonchev–Trinajstić information content (AvgIpc) is 3.06. The van der Waals surface area contributed by atoms with E-state index >= 15 is 0 Å². The maximum Gasteiger partial charge on any atom is 0.244 e. The molecule has 0 aromatic carbocycles. The summed E-state index contributed by atoms with van der Waals surface area (Å²) in [5.41, 5.74) is -0.111. The summed E-state index contributed by atoms with van der Waals surface area (Å²) in [6, 6.07) is 2.13. The van der Waals surface area contributed by atoms with Gasteiger partial charge in [-0.15, -0.1) is 0 Å². The molecule has 1 aliphatic rings. The van der Waals surface area contributed by atoms with E-state index in [9.17, 15) is 8.42 Å². The minimum Gasteiger partial charge on any atom is -0.452 e. The van der Waals surface area contributed by atoms with Crippen molar-refractivity contribution < 1.29 is 12.8 Å². The molecule has 0 radical (unpaired) electrons. The Balaban J connectivity index is 2.05. The van der Waals surface area contributed by atoms with Crippen molar-refractivity contribution in [3.05, 3.63) is 16.5 Å². The second-order valence-corrected chi connectivity index (χ2v) is 8.85. The van der Waals surface area contributed by atoms with E-state index in [2.05, 4.69) is 26.0 Å². The Labute approximate surface area is 128 Å². The number of halogens is 1. The number of nitrogens with one attached hydrogen (secondary N) is 2. The zero-order chi connectivity index (χ0) is 15.0. The van der Waals surface area contributed by atoms with Crippen LogP contribution in [0.2, 0.25) is 0 Å². The van der Waals surface area contributed by atoms with E-state index in [-0.39, 0.29) is 15.0 Å². The molecule has 7 heteroatoms. The second kappa shape index (κ2) is 5.79. The quantitative estimate of drug-likeness (QED) is 0.813. The summed E-state index contributed by atoms with van der Waals surface area (Å²) in [6.07, 6.45) is 2.36. The van der Waals surface area contributed by atoms with Crippen LogP contribution in [0.25, 0.3) is 0 Å². The summed E-state index contributed by atoms with van der Waals surface area (Å²) in [5, 5.41) is 3.29. The molecule has 5 nitrogen and oxygen atoms in total. The monoisotopic (exact) mass is 364 g/mol. The first-order chi connectivity index (χ1) is 9.17. The summed E-state index contributed by atoms with van der Waals surface area (Å²) in [5.74, 6) is 0.625. The first kappa shape index (κ1) is 16.0. The molecule has 2 rings (SSSR count). The highest BCUT2D eigenvalue weighted by molar-refractivity contribution is 9.10. The normalized spacial score (nSPS) is 16.6. The summed E-state index contributed by atoms with van der Waals surface area (Å²) < 4.78 is 32.8. The largest absolute Gasteiger partial charge is 0.452 e. The number of hydrogen-bond acceptors (Lipinski definition) is 4. The third-order valence-corrected chi connectivity index (χ3v) is 5.19. The van der Waals surface area contributed by atoms with Gasteiger partial charge in [-0.05, 0) is 34.2 Å². The highest BCUT2D eigenvalue weighted by Crippen LogP contribution is 2.27. The maximum absolute atomic E-state index is 12.2. The molecule has 20 heavy (non-hydrogen) atoms. The molecule has 1 aromatic rings. The van der Waals surface area contributed by atoms with E-state index in [1.807, 2.05) is 20.8 Å². The van der Waals surface area contributed by atoms with Crippen LogP contribution in [-0.4, -0.2) is 21.0 Å². The molecule has 0 aliphatic heterocycles. The molecular weight excluding hydrogens is 344 g/mol. The molecule has 1 fully saturated rings. The minimum atomic E-state index is -3.54. The molecule has 0 unspecified atom stereocenters. The van der Waals surface area contributed by atoms with Crippen LogP contribution < -0.4 is 10.0 Å².